The Bertz CT molecular complexity index is 828. The second-order valence-electron chi connectivity index (χ2n) is 8.41. The molecule has 0 bridgehead atoms. The van der Waals surface area contributed by atoms with Gasteiger partial charge in [-0.1, -0.05) is 18.2 Å². The Morgan fingerprint density at radius 2 is 1.84 bits per heavy atom. The Kier molecular flexibility index (Phi) is 6.94. The Balaban J connectivity index is 1.85. The highest BCUT2D eigenvalue weighted by Crippen LogP contribution is 2.36. The number of carbonyl (C=O) groups excluding carboxylic acids is 4. The molecule has 3 rings (SSSR count). The summed E-state index contributed by atoms with van der Waals surface area (Å²) in [7, 11) is 1.58. The fourth-order valence-corrected chi connectivity index (χ4v) is 4.60. The van der Waals surface area contributed by atoms with Crippen LogP contribution in [0.1, 0.15) is 37.0 Å². The Hall–Kier alpha value is -2.94. The predicted octanol–water partition coefficient (Wildman–Crippen LogP) is 1.34. The normalized spacial score (nSPS) is 22.2. The highest BCUT2D eigenvalue weighted by molar-refractivity contribution is 5.98. The first kappa shape index (κ1) is 22.7. The first-order valence-corrected chi connectivity index (χ1v) is 10.4. The SMILES string of the molecule is CNC(=O)N1CCC2CCN([C@H](C(=O)OC(=O)c3ccccc3)C(C)(C)O[C]=O)C2C1. The summed E-state index contributed by atoms with van der Waals surface area (Å²) in [6.45, 7) is 6.22. The lowest BCUT2D eigenvalue weighted by molar-refractivity contribution is -0.154. The molecule has 0 saturated carbocycles. The number of likely N-dealkylation sites (tertiary alicyclic amines) is 2. The van der Waals surface area contributed by atoms with Crippen LogP contribution in [0.5, 0.6) is 0 Å². The van der Waals surface area contributed by atoms with Crippen molar-refractivity contribution in [3.05, 3.63) is 35.9 Å². The second kappa shape index (κ2) is 9.47. The van der Waals surface area contributed by atoms with E-state index in [2.05, 4.69) is 5.32 Å². The quantitative estimate of drug-likeness (QED) is 0.536. The summed E-state index contributed by atoms with van der Waals surface area (Å²) in [5.41, 5.74) is -1.04. The van der Waals surface area contributed by atoms with E-state index in [1.807, 2.05) is 4.90 Å². The highest BCUT2D eigenvalue weighted by atomic mass is 16.6. The standard InChI is InChI=1S/C22H28N3O6/c1-22(2,30-14-26)18(20(28)31-19(27)16-7-5-4-6-8-16)25-12-10-15-9-11-24(13-17(15)25)21(29)23-3/h4-8,15,17-18H,9-13H2,1-3H3,(H,23,29)/t15?,17?,18-/m1/s1. The largest absolute Gasteiger partial charge is 0.449 e. The molecule has 2 aliphatic rings. The summed E-state index contributed by atoms with van der Waals surface area (Å²) in [6, 6.07) is 6.89. The molecule has 1 aromatic carbocycles. The third-order valence-electron chi connectivity index (χ3n) is 6.13. The van der Waals surface area contributed by atoms with Gasteiger partial charge in [0.15, 0.2) is 0 Å². The lowest BCUT2D eigenvalue weighted by Crippen LogP contribution is -2.61. The smallest absolute Gasteiger partial charge is 0.418 e. The van der Waals surface area contributed by atoms with E-state index in [-0.39, 0.29) is 23.6 Å². The zero-order valence-electron chi connectivity index (χ0n) is 18.0. The third kappa shape index (κ3) is 4.87. The molecule has 9 nitrogen and oxygen atoms in total. The van der Waals surface area contributed by atoms with E-state index >= 15 is 0 Å². The van der Waals surface area contributed by atoms with Crippen molar-refractivity contribution in [1.82, 2.24) is 15.1 Å². The van der Waals surface area contributed by atoms with Gasteiger partial charge in [-0.05, 0) is 51.3 Å². The molecule has 2 amide bonds. The van der Waals surface area contributed by atoms with E-state index < -0.39 is 23.6 Å². The summed E-state index contributed by atoms with van der Waals surface area (Å²) in [6.07, 6.45) is 1.64. The fourth-order valence-electron chi connectivity index (χ4n) is 4.60. The van der Waals surface area contributed by atoms with Gasteiger partial charge >= 0.3 is 24.4 Å². The number of carbonyl (C=O) groups is 3. The summed E-state index contributed by atoms with van der Waals surface area (Å²) in [4.78, 5) is 52.5. The van der Waals surface area contributed by atoms with E-state index in [1.165, 1.54) is 6.47 Å². The van der Waals surface area contributed by atoms with Gasteiger partial charge in [-0.2, -0.15) is 0 Å². The molecule has 1 radical (unpaired) electrons. The number of benzene rings is 1. The Labute approximate surface area is 181 Å². The van der Waals surface area contributed by atoms with E-state index in [0.717, 1.165) is 12.8 Å². The minimum absolute atomic E-state index is 0.120. The van der Waals surface area contributed by atoms with E-state index in [9.17, 15) is 19.2 Å². The molecule has 2 unspecified atom stereocenters. The lowest BCUT2D eigenvalue weighted by Gasteiger charge is -2.43. The van der Waals surface area contributed by atoms with Crippen molar-refractivity contribution < 1.29 is 28.7 Å². The van der Waals surface area contributed by atoms with E-state index in [1.54, 1.807) is 56.1 Å². The second-order valence-corrected chi connectivity index (χ2v) is 8.41. The van der Waals surface area contributed by atoms with Crippen LogP contribution >= 0.6 is 0 Å². The number of nitrogens with one attached hydrogen (secondary N) is 1. The molecule has 2 heterocycles. The average Bonchev–Trinajstić information content (AvgIpc) is 3.16. The number of esters is 2. The molecule has 1 N–H and O–H groups in total. The monoisotopic (exact) mass is 430 g/mol. The van der Waals surface area contributed by atoms with Crippen LogP contribution in [-0.2, 0) is 19.1 Å². The average molecular weight is 430 g/mol. The maximum Gasteiger partial charge on any atom is 0.418 e. The maximum atomic E-state index is 13.2. The van der Waals surface area contributed by atoms with Crippen LogP contribution in [0.4, 0.5) is 4.79 Å². The van der Waals surface area contributed by atoms with Crippen LogP contribution in [0.15, 0.2) is 30.3 Å². The van der Waals surface area contributed by atoms with Gasteiger partial charge in [0.25, 0.3) is 0 Å². The van der Waals surface area contributed by atoms with Crippen LogP contribution < -0.4 is 5.32 Å². The molecule has 0 spiro atoms. The zero-order chi connectivity index (χ0) is 22.6. The molecule has 2 fully saturated rings. The zero-order valence-corrected chi connectivity index (χ0v) is 18.0. The number of hydrogen-bond acceptors (Lipinski definition) is 7. The summed E-state index contributed by atoms with van der Waals surface area (Å²) in [5.74, 6) is -1.28. The topological polar surface area (TPSA) is 105 Å². The van der Waals surface area contributed by atoms with Crippen molar-refractivity contribution in [2.45, 2.75) is 44.4 Å². The molecule has 167 valence electrons. The van der Waals surface area contributed by atoms with E-state index in [4.69, 9.17) is 9.47 Å². The molecule has 31 heavy (non-hydrogen) atoms. The van der Waals surface area contributed by atoms with Gasteiger partial charge in [0, 0.05) is 26.2 Å². The number of piperidine rings is 1. The summed E-state index contributed by atoms with van der Waals surface area (Å²) >= 11 is 0. The van der Waals surface area contributed by atoms with Crippen molar-refractivity contribution in [3.8, 4) is 0 Å². The number of rotatable bonds is 6. The van der Waals surface area contributed by atoms with Gasteiger partial charge in [-0.3, -0.25) is 4.90 Å². The van der Waals surface area contributed by atoms with Crippen molar-refractivity contribution in [2.24, 2.45) is 5.92 Å². The molecule has 0 aromatic heterocycles. The van der Waals surface area contributed by atoms with Gasteiger partial charge in [0.2, 0.25) is 0 Å². The number of ether oxygens (including phenoxy) is 2. The first-order chi connectivity index (χ1) is 14.8. The maximum absolute atomic E-state index is 13.2. The molecular formula is C22H28N3O6. The van der Waals surface area contributed by atoms with Gasteiger partial charge in [0.1, 0.15) is 11.6 Å². The fraction of sp³-hybridized carbons (Fsp3) is 0.545. The molecule has 2 saturated heterocycles. The molecule has 2 aliphatic heterocycles. The van der Waals surface area contributed by atoms with Crippen LogP contribution in [0.2, 0.25) is 0 Å². The third-order valence-corrected chi connectivity index (χ3v) is 6.13. The molecule has 0 aliphatic carbocycles. The number of urea groups is 1. The minimum atomic E-state index is -1.29. The van der Waals surface area contributed by atoms with Crippen LogP contribution in [0.3, 0.4) is 0 Å². The van der Waals surface area contributed by atoms with Crippen LogP contribution in [0, 0.1) is 5.92 Å². The molecular weight excluding hydrogens is 402 g/mol. The van der Waals surface area contributed by atoms with Gasteiger partial charge in [-0.25, -0.2) is 19.2 Å². The summed E-state index contributed by atoms with van der Waals surface area (Å²) < 4.78 is 10.3. The number of amides is 2. The van der Waals surface area contributed by atoms with Crippen LogP contribution in [-0.4, -0.2) is 78.6 Å². The molecule has 3 atom stereocenters. The van der Waals surface area contributed by atoms with Crippen molar-refractivity contribution in [2.75, 3.05) is 26.7 Å². The Morgan fingerprint density at radius 1 is 1.16 bits per heavy atom. The predicted molar refractivity (Wildman–Crippen MR) is 111 cm³/mol. The van der Waals surface area contributed by atoms with Crippen molar-refractivity contribution in [1.29, 1.82) is 0 Å². The van der Waals surface area contributed by atoms with Crippen molar-refractivity contribution in [3.63, 3.8) is 0 Å². The number of fused-ring (bicyclic) bond motifs is 1. The van der Waals surface area contributed by atoms with E-state index in [0.29, 0.717) is 19.6 Å². The highest BCUT2D eigenvalue weighted by Gasteiger charge is 2.51. The molecule has 9 heteroatoms. The minimum Gasteiger partial charge on any atom is -0.449 e. The lowest BCUT2D eigenvalue weighted by atomic mass is 9.90. The number of nitrogens with zero attached hydrogens (tertiary/aromatic N) is 2. The number of hydrogen-bond donors (Lipinski definition) is 1. The van der Waals surface area contributed by atoms with Gasteiger partial charge in [0.05, 0.1) is 5.56 Å². The van der Waals surface area contributed by atoms with Crippen LogP contribution in [0.25, 0.3) is 0 Å². The Morgan fingerprint density at radius 3 is 2.48 bits per heavy atom. The van der Waals surface area contributed by atoms with Crippen molar-refractivity contribution >= 4 is 24.4 Å². The van der Waals surface area contributed by atoms with Gasteiger partial charge in [-0.15, -0.1) is 0 Å². The first-order valence-electron chi connectivity index (χ1n) is 10.4. The summed E-state index contributed by atoms with van der Waals surface area (Å²) in [5, 5.41) is 2.63. The molecule has 1 aromatic rings. The van der Waals surface area contributed by atoms with Gasteiger partial charge < -0.3 is 19.7 Å².